The van der Waals surface area contributed by atoms with Gasteiger partial charge in [-0.2, -0.15) is 5.10 Å². The van der Waals surface area contributed by atoms with Gasteiger partial charge in [-0.15, -0.1) is 0 Å². The van der Waals surface area contributed by atoms with Crippen molar-refractivity contribution in [3.05, 3.63) is 17.5 Å². The van der Waals surface area contributed by atoms with Gasteiger partial charge in [0.2, 0.25) is 0 Å². The topological polar surface area (TPSA) is 55.1 Å². The van der Waals surface area contributed by atoms with Gasteiger partial charge in [0, 0.05) is 11.7 Å². The Hall–Kier alpha value is -1.32. The molecule has 1 rings (SSSR count). The van der Waals surface area contributed by atoms with E-state index in [1.54, 1.807) is 0 Å². The number of carbonyl (C=O) groups is 1. The Balaban J connectivity index is 2.95. The van der Waals surface area contributed by atoms with E-state index in [1.807, 2.05) is 10.7 Å². The number of nitrogens with zero attached hydrogens (tertiary/aromatic N) is 2. The summed E-state index contributed by atoms with van der Waals surface area (Å²) >= 11 is 0. The lowest BCUT2D eigenvalue weighted by atomic mass is 10.1. The predicted molar refractivity (Wildman–Crippen MR) is 62.5 cm³/mol. The van der Waals surface area contributed by atoms with Crippen LogP contribution in [-0.2, 0) is 17.6 Å². The second-order valence-electron chi connectivity index (χ2n) is 4.83. The Kier molecular flexibility index (Phi) is 4.10. The summed E-state index contributed by atoms with van der Waals surface area (Å²) in [6.45, 7) is 8.41. The van der Waals surface area contributed by atoms with Gasteiger partial charge in [0.25, 0.3) is 0 Å². The average molecular weight is 224 g/mol. The van der Waals surface area contributed by atoms with E-state index in [0.717, 1.165) is 12.1 Å². The standard InChI is InChI=1S/C12H20N2O2/c1-8(2)5-11-6-10(7-12(15)16)13-14(11)9(3)4/h6,8-9H,5,7H2,1-4H3,(H,15,16). The van der Waals surface area contributed by atoms with Gasteiger partial charge in [0.15, 0.2) is 0 Å². The molecule has 1 N–H and O–H groups in total. The van der Waals surface area contributed by atoms with Crippen molar-refractivity contribution in [3.8, 4) is 0 Å². The van der Waals surface area contributed by atoms with Crippen LogP contribution in [-0.4, -0.2) is 20.9 Å². The number of rotatable bonds is 5. The van der Waals surface area contributed by atoms with Crippen LogP contribution in [0.1, 0.15) is 45.1 Å². The fourth-order valence-corrected chi connectivity index (χ4v) is 1.75. The van der Waals surface area contributed by atoms with Gasteiger partial charge >= 0.3 is 5.97 Å². The molecular formula is C12H20N2O2. The number of hydrogen-bond acceptors (Lipinski definition) is 2. The molecule has 0 aromatic carbocycles. The number of aromatic nitrogens is 2. The van der Waals surface area contributed by atoms with E-state index in [9.17, 15) is 4.79 Å². The van der Waals surface area contributed by atoms with Crippen molar-refractivity contribution in [3.63, 3.8) is 0 Å². The molecule has 0 saturated carbocycles. The molecule has 0 aliphatic carbocycles. The Morgan fingerprint density at radius 3 is 2.50 bits per heavy atom. The molecule has 16 heavy (non-hydrogen) atoms. The molecule has 0 amide bonds. The van der Waals surface area contributed by atoms with Crippen LogP contribution >= 0.6 is 0 Å². The van der Waals surface area contributed by atoms with Crippen LogP contribution in [0.5, 0.6) is 0 Å². The third-order valence-electron chi connectivity index (χ3n) is 2.30. The van der Waals surface area contributed by atoms with Gasteiger partial charge in [-0.25, -0.2) is 0 Å². The van der Waals surface area contributed by atoms with Crippen molar-refractivity contribution in [2.45, 2.75) is 46.6 Å². The Morgan fingerprint density at radius 2 is 2.06 bits per heavy atom. The first-order chi connectivity index (χ1) is 7.40. The van der Waals surface area contributed by atoms with Crippen molar-refractivity contribution in [1.82, 2.24) is 9.78 Å². The fourth-order valence-electron chi connectivity index (χ4n) is 1.75. The Bertz CT molecular complexity index is 367. The molecule has 0 aliphatic heterocycles. The van der Waals surface area contributed by atoms with Gasteiger partial charge in [0.05, 0.1) is 12.1 Å². The quantitative estimate of drug-likeness (QED) is 0.834. The molecule has 4 heteroatoms. The Labute approximate surface area is 96.3 Å². The fraction of sp³-hybridized carbons (Fsp3) is 0.667. The largest absolute Gasteiger partial charge is 0.481 e. The highest BCUT2D eigenvalue weighted by Gasteiger charge is 2.13. The van der Waals surface area contributed by atoms with Gasteiger partial charge in [-0.05, 0) is 32.3 Å². The first kappa shape index (κ1) is 12.7. The number of hydrogen-bond donors (Lipinski definition) is 1. The lowest BCUT2D eigenvalue weighted by molar-refractivity contribution is -0.136. The van der Waals surface area contributed by atoms with Crippen LogP contribution in [0.4, 0.5) is 0 Å². The van der Waals surface area contributed by atoms with E-state index >= 15 is 0 Å². The van der Waals surface area contributed by atoms with Gasteiger partial charge in [-0.1, -0.05) is 13.8 Å². The van der Waals surface area contributed by atoms with Crippen LogP contribution in [0.2, 0.25) is 0 Å². The molecule has 0 atom stereocenters. The van der Waals surface area contributed by atoms with Crippen molar-refractivity contribution in [2.75, 3.05) is 0 Å². The smallest absolute Gasteiger partial charge is 0.309 e. The minimum atomic E-state index is -0.829. The molecule has 0 saturated heterocycles. The zero-order valence-corrected chi connectivity index (χ0v) is 10.4. The molecule has 0 unspecified atom stereocenters. The molecule has 1 heterocycles. The van der Waals surface area contributed by atoms with Gasteiger partial charge < -0.3 is 5.11 Å². The average Bonchev–Trinajstić information content (AvgIpc) is 2.45. The summed E-state index contributed by atoms with van der Waals surface area (Å²) in [5.74, 6) is -0.281. The molecular weight excluding hydrogens is 204 g/mol. The summed E-state index contributed by atoms with van der Waals surface area (Å²) in [4.78, 5) is 10.6. The first-order valence-corrected chi connectivity index (χ1v) is 5.69. The Morgan fingerprint density at radius 1 is 1.44 bits per heavy atom. The van der Waals surface area contributed by atoms with Crippen LogP contribution in [0.3, 0.4) is 0 Å². The zero-order valence-electron chi connectivity index (χ0n) is 10.4. The molecule has 1 aromatic rings. The molecule has 90 valence electrons. The maximum Gasteiger partial charge on any atom is 0.309 e. The highest BCUT2D eigenvalue weighted by atomic mass is 16.4. The van der Waals surface area contributed by atoms with E-state index in [4.69, 9.17) is 5.11 Å². The third-order valence-corrected chi connectivity index (χ3v) is 2.30. The number of carboxylic acids is 1. The lowest BCUT2D eigenvalue weighted by Crippen LogP contribution is -2.10. The molecule has 1 aromatic heterocycles. The predicted octanol–water partition coefficient (Wildman–Crippen LogP) is 2.29. The summed E-state index contributed by atoms with van der Waals surface area (Å²) in [7, 11) is 0. The van der Waals surface area contributed by atoms with E-state index < -0.39 is 5.97 Å². The minimum absolute atomic E-state index is 0.00478. The molecule has 0 fully saturated rings. The van der Waals surface area contributed by atoms with Gasteiger partial charge in [-0.3, -0.25) is 9.48 Å². The summed E-state index contributed by atoms with van der Waals surface area (Å²) < 4.78 is 1.93. The number of aliphatic carboxylic acids is 1. The maximum atomic E-state index is 10.6. The van der Waals surface area contributed by atoms with E-state index in [1.165, 1.54) is 0 Å². The monoisotopic (exact) mass is 224 g/mol. The number of carboxylic acid groups (broad SMARTS) is 1. The van der Waals surface area contributed by atoms with Crippen LogP contribution < -0.4 is 0 Å². The highest BCUT2D eigenvalue weighted by molar-refractivity contribution is 5.69. The zero-order chi connectivity index (χ0) is 12.3. The van der Waals surface area contributed by atoms with Crippen molar-refractivity contribution < 1.29 is 9.90 Å². The van der Waals surface area contributed by atoms with E-state index in [0.29, 0.717) is 11.6 Å². The normalized spacial score (nSPS) is 11.4. The first-order valence-electron chi connectivity index (χ1n) is 5.69. The molecule has 4 nitrogen and oxygen atoms in total. The highest BCUT2D eigenvalue weighted by Crippen LogP contribution is 2.15. The molecule has 0 radical (unpaired) electrons. The summed E-state index contributed by atoms with van der Waals surface area (Å²) in [5.41, 5.74) is 1.78. The second kappa shape index (κ2) is 5.14. The third kappa shape index (κ3) is 3.36. The van der Waals surface area contributed by atoms with Crippen LogP contribution in [0, 0.1) is 5.92 Å². The lowest BCUT2D eigenvalue weighted by Gasteiger charge is -2.12. The van der Waals surface area contributed by atoms with Crippen LogP contribution in [0.15, 0.2) is 6.07 Å². The maximum absolute atomic E-state index is 10.6. The minimum Gasteiger partial charge on any atom is -0.481 e. The molecule has 0 aliphatic rings. The van der Waals surface area contributed by atoms with E-state index in [-0.39, 0.29) is 12.5 Å². The SMILES string of the molecule is CC(C)Cc1cc(CC(=O)O)nn1C(C)C. The van der Waals surface area contributed by atoms with Crippen molar-refractivity contribution in [2.24, 2.45) is 5.92 Å². The van der Waals surface area contributed by atoms with Crippen molar-refractivity contribution >= 4 is 5.97 Å². The van der Waals surface area contributed by atoms with Gasteiger partial charge in [0.1, 0.15) is 0 Å². The second-order valence-corrected chi connectivity index (χ2v) is 4.83. The van der Waals surface area contributed by atoms with E-state index in [2.05, 4.69) is 32.8 Å². The molecule has 0 bridgehead atoms. The summed E-state index contributed by atoms with van der Waals surface area (Å²) in [6, 6.07) is 2.19. The van der Waals surface area contributed by atoms with Crippen molar-refractivity contribution in [1.29, 1.82) is 0 Å². The summed E-state index contributed by atoms with van der Waals surface area (Å²) in [5, 5.41) is 13.1. The van der Waals surface area contributed by atoms with Crippen LogP contribution in [0.25, 0.3) is 0 Å². The molecule has 0 spiro atoms. The summed E-state index contributed by atoms with van der Waals surface area (Å²) in [6.07, 6.45) is 0.940.